The average Bonchev–Trinajstić information content (AvgIpc) is 3.83. The lowest BCUT2D eigenvalue weighted by atomic mass is 10.0. The van der Waals surface area contributed by atoms with Crippen LogP contribution in [-0.4, -0.2) is 37.7 Å². The number of methoxy groups -OCH3 is 1. The molecule has 0 bridgehead atoms. The van der Waals surface area contributed by atoms with Crippen molar-refractivity contribution in [3.63, 3.8) is 0 Å². The molecule has 0 atom stereocenters. The first-order valence-electron chi connectivity index (χ1n) is 16.6. The van der Waals surface area contributed by atoms with Crippen LogP contribution in [-0.2, 0) is 6.54 Å². The van der Waals surface area contributed by atoms with E-state index < -0.39 is 0 Å². The molecule has 0 fully saturated rings. The zero-order valence-electron chi connectivity index (χ0n) is 28.3. The van der Waals surface area contributed by atoms with E-state index >= 15 is 0 Å². The third-order valence-corrected chi connectivity index (χ3v) is 8.33. The number of aromatic nitrogens is 4. The van der Waals surface area contributed by atoms with Gasteiger partial charge in [0, 0.05) is 42.7 Å². The number of rotatable bonds is 8. The van der Waals surface area contributed by atoms with Gasteiger partial charge in [-0.25, -0.2) is 9.97 Å². The Morgan fingerprint density at radius 3 is 1.58 bits per heavy atom. The molecule has 8 aromatic rings. The summed E-state index contributed by atoms with van der Waals surface area (Å²) in [4.78, 5) is 33.7. The fraction of sp³-hybridized carbons (Fsp3) is 0.0476. The second kappa shape index (κ2) is 15.2. The van der Waals surface area contributed by atoms with Gasteiger partial charge >= 0.3 is 0 Å². The van der Waals surface area contributed by atoms with Crippen molar-refractivity contribution < 1.29 is 14.3 Å². The second-order valence-electron chi connectivity index (χ2n) is 11.9. The van der Waals surface area contributed by atoms with Crippen molar-refractivity contribution in [2.75, 3.05) is 17.7 Å². The monoisotopic (exact) mass is 685 g/mol. The van der Waals surface area contributed by atoms with Crippen molar-refractivity contribution in [3.8, 4) is 28.0 Å². The van der Waals surface area contributed by atoms with E-state index in [2.05, 4.69) is 26.7 Å². The minimum absolute atomic E-state index is 0.230. The number of hydrogen-bond acceptors (Lipinski definition) is 6. The summed E-state index contributed by atoms with van der Waals surface area (Å²) in [6, 6.07) is 42.4. The highest BCUT2D eigenvalue weighted by Gasteiger charge is 2.13. The number of pyridine rings is 2. The average molecular weight is 686 g/mol. The molecule has 10 nitrogen and oxygen atoms in total. The van der Waals surface area contributed by atoms with Crippen LogP contribution in [0.2, 0.25) is 0 Å². The molecular weight excluding hydrogens is 651 g/mol. The molecule has 0 aliphatic carbocycles. The van der Waals surface area contributed by atoms with Gasteiger partial charge in [0.25, 0.3) is 11.8 Å². The number of benzene rings is 4. The van der Waals surface area contributed by atoms with Crippen LogP contribution < -0.4 is 21.1 Å². The van der Waals surface area contributed by atoms with Crippen LogP contribution in [0.25, 0.3) is 33.5 Å². The van der Waals surface area contributed by atoms with Crippen molar-refractivity contribution in [3.05, 3.63) is 175 Å². The Labute approximate surface area is 300 Å². The summed E-state index contributed by atoms with van der Waals surface area (Å²) in [7, 11) is 1.65. The van der Waals surface area contributed by atoms with Crippen LogP contribution in [0.15, 0.2) is 158 Å². The summed E-state index contributed by atoms with van der Waals surface area (Å²) in [5, 5.41) is 5.70. The third kappa shape index (κ3) is 7.72. The van der Waals surface area contributed by atoms with E-state index in [-0.39, 0.29) is 11.8 Å². The Morgan fingerprint density at radius 2 is 1.08 bits per heavy atom. The van der Waals surface area contributed by atoms with Gasteiger partial charge in [0.05, 0.1) is 7.11 Å². The molecule has 0 saturated heterocycles. The Kier molecular flexibility index (Phi) is 9.81. The molecule has 0 aliphatic heterocycles. The van der Waals surface area contributed by atoms with Crippen LogP contribution in [0.1, 0.15) is 26.5 Å². The molecule has 0 saturated carbocycles. The van der Waals surface area contributed by atoms with Gasteiger partial charge < -0.3 is 29.9 Å². The van der Waals surface area contributed by atoms with Gasteiger partial charge in [-0.05, 0) is 94.5 Å². The number of carbonyl (C=O) groups excluding carboxylic acids is 2. The first-order valence-corrected chi connectivity index (χ1v) is 16.6. The fourth-order valence-electron chi connectivity index (χ4n) is 5.66. The number of para-hydroxylation sites is 2. The SMILES string of the molecule is COc1cccc(-c2ccc3nc(C(=O)Nc4ccccc4)cn3c2)c1.NCc1cccc(-c2ccc3nc(C(=O)Nc4ccccc4)cn3c2)c1. The van der Waals surface area contributed by atoms with E-state index in [0.717, 1.165) is 56.2 Å². The van der Waals surface area contributed by atoms with E-state index in [1.165, 1.54) is 0 Å². The molecule has 4 aromatic carbocycles. The molecule has 0 aliphatic rings. The van der Waals surface area contributed by atoms with Crippen LogP contribution in [0.5, 0.6) is 5.75 Å². The summed E-state index contributed by atoms with van der Waals surface area (Å²) >= 11 is 0. The lowest BCUT2D eigenvalue weighted by Crippen LogP contribution is -2.11. The number of hydrogen-bond donors (Lipinski definition) is 3. The zero-order valence-corrected chi connectivity index (χ0v) is 28.3. The number of nitrogens with two attached hydrogens (primary N) is 1. The lowest BCUT2D eigenvalue weighted by molar-refractivity contribution is 0.101. The fourth-order valence-corrected chi connectivity index (χ4v) is 5.66. The highest BCUT2D eigenvalue weighted by molar-refractivity contribution is 6.03. The largest absolute Gasteiger partial charge is 0.497 e. The number of fused-ring (bicyclic) bond motifs is 2. The molecule has 0 radical (unpaired) electrons. The molecule has 4 aromatic heterocycles. The van der Waals surface area contributed by atoms with Gasteiger partial charge in [-0.3, -0.25) is 9.59 Å². The number of anilines is 2. The van der Waals surface area contributed by atoms with Crippen LogP contribution in [0.3, 0.4) is 0 Å². The molecule has 256 valence electrons. The smallest absolute Gasteiger partial charge is 0.275 e. The molecule has 2 amide bonds. The minimum atomic E-state index is -0.233. The van der Waals surface area contributed by atoms with Crippen LogP contribution in [0.4, 0.5) is 11.4 Å². The van der Waals surface area contributed by atoms with Crippen LogP contribution >= 0.6 is 0 Å². The highest BCUT2D eigenvalue weighted by Crippen LogP contribution is 2.25. The maximum atomic E-state index is 12.4. The Balaban J connectivity index is 0.000000162. The number of imidazole rings is 2. The van der Waals surface area contributed by atoms with E-state index in [0.29, 0.717) is 17.9 Å². The standard InChI is InChI=1S/C21H18N4O.C21H17N3O2/c22-12-15-5-4-6-16(11-15)17-9-10-20-24-19(14-25(20)13-17)21(26)23-18-7-2-1-3-8-18;1-26-18-9-5-6-15(12-18)16-10-11-20-23-19(14-24(20)13-16)21(25)22-17-7-3-2-4-8-17/h1-11,13-14H,12,22H2,(H,23,26);2-14H,1H3,(H,22,25). The summed E-state index contributed by atoms with van der Waals surface area (Å²) in [5.41, 5.74) is 14.7. The number of amides is 2. The molecular formula is C42H35N7O3. The maximum Gasteiger partial charge on any atom is 0.275 e. The molecule has 0 spiro atoms. The Morgan fingerprint density at radius 1 is 0.577 bits per heavy atom. The van der Waals surface area contributed by atoms with Gasteiger partial charge in [-0.1, -0.05) is 66.7 Å². The lowest BCUT2D eigenvalue weighted by Gasteiger charge is -2.05. The molecule has 4 N–H and O–H groups in total. The summed E-state index contributed by atoms with van der Waals surface area (Å²) < 4.78 is 9.01. The molecule has 0 unspecified atom stereocenters. The van der Waals surface area contributed by atoms with Gasteiger partial charge in [-0.2, -0.15) is 0 Å². The van der Waals surface area contributed by atoms with Gasteiger partial charge in [0.2, 0.25) is 0 Å². The normalized spacial score (nSPS) is 10.7. The summed E-state index contributed by atoms with van der Waals surface area (Å²) in [6.45, 7) is 0.505. The van der Waals surface area contributed by atoms with Gasteiger partial charge in [0.15, 0.2) is 0 Å². The van der Waals surface area contributed by atoms with Crippen molar-refractivity contribution in [1.29, 1.82) is 0 Å². The summed E-state index contributed by atoms with van der Waals surface area (Å²) in [5.74, 6) is 0.338. The molecule has 10 heteroatoms. The summed E-state index contributed by atoms with van der Waals surface area (Å²) in [6.07, 6.45) is 7.40. The molecule has 8 rings (SSSR count). The van der Waals surface area contributed by atoms with Crippen molar-refractivity contribution in [1.82, 2.24) is 18.8 Å². The molecule has 52 heavy (non-hydrogen) atoms. The van der Waals surface area contributed by atoms with E-state index in [4.69, 9.17) is 10.5 Å². The highest BCUT2D eigenvalue weighted by atomic mass is 16.5. The topological polar surface area (TPSA) is 128 Å². The minimum Gasteiger partial charge on any atom is -0.497 e. The van der Waals surface area contributed by atoms with Crippen molar-refractivity contribution in [2.45, 2.75) is 6.54 Å². The third-order valence-electron chi connectivity index (χ3n) is 8.33. The Bertz CT molecular complexity index is 2320. The first kappa shape index (κ1) is 33.5. The number of carbonyl (C=O) groups is 2. The number of ether oxygens (including phenoxy) is 1. The van der Waals surface area contributed by atoms with Crippen LogP contribution in [0, 0.1) is 0 Å². The van der Waals surface area contributed by atoms with Gasteiger partial charge in [-0.15, -0.1) is 0 Å². The zero-order chi connectivity index (χ0) is 35.9. The quantitative estimate of drug-likeness (QED) is 0.149. The maximum absolute atomic E-state index is 12.4. The van der Waals surface area contributed by atoms with Crippen molar-refractivity contribution >= 4 is 34.5 Å². The Hall–Kier alpha value is -7.04. The van der Waals surface area contributed by atoms with E-state index in [1.807, 2.05) is 149 Å². The number of nitrogens with one attached hydrogen (secondary N) is 2. The van der Waals surface area contributed by atoms with Crippen molar-refractivity contribution in [2.24, 2.45) is 5.73 Å². The predicted octanol–water partition coefficient (Wildman–Crippen LogP) is 7.97. The molecule has 4 heterocycles. The van der Waals surface area contributed by atoms with E-state index in [9.17, 15) is 9.59 Å². The first-order chi connectivity index (χ1) is 25.4. The second-order valence-corrected chi connectivity index (χ2v) is 11.9. The van der Waals surface area contributed by atoms with E-state index in [1.54, 1.807) is 19.5 Å². The number of nitrogens with zero attached hydrogens (tertiary/aromatic N) is 4. The predicted molar refractivity (Wildman–Crippen MR) is 204 cm³/mol. The van der Waals surface area contributed by atoms with Gasteiger partial charge in [0.1, 0.15) is 28.4 Å².